The summed E-state index contributed by atoms with van der Waals surface area (Å²) in [5.74, 6) is 0.574. The molecule has 0 saturated heterocycles. The van der Waals surface area contributed by atoms with Gasteiger partial charge in [-0.25, -0.2) is 0 Å². The van der Waals surface area contributed by atoms with Crippen LogP contribution >= 0.6 is 0 Å². The summed E-state index contributed by atoms with van der Waals surface area (Å²) in [7, 11) is 0. The van der Waals surface area contributed by atoms with E-state index in [0.29, 0.717) is 31.1 Å². The molecule has 1 heterocycles. The molecule has 5 nitrogen and oxygen atoms in total. The van der Waals surface area contributed by atoms with Gasteiger partial charge in [0.2, 0.25) is 0 Å². The highest BCUT2D eigenvalue weighted by atomic mass is 16.2. The van der Waals surface area contributed by atoms with Gasteiger partial charge in [-0.2, -0.15) is 0 Å². The maximum Gasteiger partial charge on any atom is 0.256 e. The number of fused-ring (bicyclic) bond motifs is 1. The minimum atomic E-state index is -0.232. The lowest BCUT2D eigenvalue weighted by Gasteiger charge is -2.28. The lowest BCUT2D eigenvalue weighted by atomic mass is 10.1. The average Bonchev–Trinajstić information content (AvgIpc) is 3.25. The molecule has 0 aliphatic carbocycles. The Morgan fingerprint density at radius 3 is 2.12 bits per heavy atom. The zero-order valence-corrected chi connectivity index (χ0v) is 23.3. The summed E-state index contributed by atoms with van der Waals surface area (Å²) in [5, 5.41) is 3.56. The van der Waals surface area contributed by atoms with E-state index in [9.17, 15) is 9.59 Å². The van der Waals surface area contributed by atoms with Crippen LogP contribution in [0.15, 0.2) is 109 Å². The van der Waals surface area contributed by atoms with E-state index in [1.165, 1.54) is 5.56 Å². The Morgan fingerprint density at radius 2 is 1.45 bits per heavy atom. The third kappa shape index (κ3) is 6.42. The smallest absolute Gasteiger partial charge is 0.256 e. The van der Waals surface area contributed by atoms with E-state index >= 15 is 0 Å². The van der Waals surface area contributed by atoms with Crippen LogP contribution in [0.3, 0.4) is 0 Å². The van der Waals surface area contributed by atoms with Crippen molar-refractivity contribution in [1.29, 1.82) is 0 Å². The molecule has 1 N–H and O–H groups in total. The van der Waals surface area contributed by atoms with Gasteiger partial charge in [0.15, 0.2) is 0 Å². The molecule has 0 saturated carbocycles. The van der Waals surface area contributed by atoms with Crippen molar-refractivity contribution in [3.05, 3.63) is 137 Å². The molecule has 204 valence electrons. The van der Waals surface area contributed by atoms with Crippen molar-refractivity contribution < 1.29 is 9.59 Å². The molecule has 0 radical (unpaired) electrons. The third-order valence-electron chi connectivity index (χ3n) is 7.46. The highest BCUT2D eigenvalue weighted by molar-refractivity contribution is 5.99. The second kappa shape index (κ2) is 12.6. The Bertz CT molecular complexity index is 1420. The van der Waals surface area contributed by atoms with Crippen LogP contribution in [0.2, 0.25) is 0 Å². The Balaban J connectivity index is 1.32. The van der Waals surface area contributed by atoms with Crippen LogP contribution in [0.1, 0.15) is 63.8 Å². The van der Waals surface area contributed by atoms with Crippen LogP contribution in [-0.4, -0.2) is 34.7 Å². The van der Waals surface area contributed by atoms with Gasteiger partial charge in [0.1, 0.15) is 6.17 Å². The summed E-state index contributed by atoms with van der Waals surface area (Å²) >= 11 is 0. The van der Waals surface area contributed by atoms with E-state index in [1.807, 2.05) is 94.7 Å². The summed E-state index contributed by atoms with van der Waals surface area (Å²) in [6, 6.07) is 35.9. The second-order valence-corrected chi connectivity index (χ2v) is 10.8. The highest BCUT2D eigenvalue weighted by Crippen LogP contribution is 2.35. The van der Waals surface area contributed by atoms with E-state index in [0.717, 1.165) is 35.2 Å². The van der Waals surface area contributed by atoms with Crippen LogP contribution < -0.4 is 5.32 Å². The minimum Gasteiger partial charge on any atom is -0.361 e. The first kappa shape index (κ1) is 27.2. The standard InChI is InChI=1S/C35H37N3O2/c1-26(2)21-24-38-33(31-15-9-10-16-32(31)35(38)40)36-30-19-17-29(18-20-30)34(39)37(25-28-13-7-4-8-14-28)23-22-27-11-5-3-6-12-27/h3-20,26,33,36H,21-25H2,1-2H3. The number of carbonyl (C=O) groups is 2. The summed E-state index contributed by atoms with van der Waals surface area (Å²) in [4.78, 5) is 30.7. The molecule has 1 aliphatic rings. The lowest BCUT2D eigenvalue weighted by molar-refractivity contribution is 0.0731. The molecule has 5 rings (SSSR count). The number of amides is 2. The molecule has 5 heteroatoms. The van der Waals surface area contributed by atoms with Crippen molar-refractivity contribution in [2.75, 3.05) is 18.4 Å². The molecular formula is C35H37N3O2. The predicted octanol–water partition coefficient (Wildman–Crippen LogP) is 7.18. The van der Waals surface area contributed by atoms with Gasteiger partial charge in [0, 0.05) is 42.0 Å². The van der Waals surface area contributed by atoms with Crippen LogP contribution in [0.4, 0.5) is 5.69 Å². The van der Waals surface area contributed by atoms with Crippen molar-refractivity contribution >= 4 is 17.5 Å². The molecule has 0 bridgehead atoms. The largest absolute Gasteiger partial charge is 0.361 e. The number of hydrogen-bond donors (Lipinski definition) is 1. The Morgan fingerprint density at radius 1 is 0.825 bits per heavy atom. The molecule has 0 fully saturated rings. The normalized spacial score (nSPS) is 14.3. The lowest BCUT2D eigenvalue weighted by Crippen LogP contribution is -2.34. The molecule has 1 atom stereocenters. The van der Waals surface area contributed by atoms with Gasteiger partial charge >= 0.3 is 0 Å². The van der Waals surface area contributed by atoms with Crippen molar-refractivity contribution in [2.45, 2.75) is 39.4 Å². The van der Waals surface area contributed by atoms with E-state index in [-0.39, 0.29) is 18.0 Å². The number of benzene rings is 4. The maximum atomic E-state index is 13.7. The van der Waals surface area contributed by atoms with E-state index in [2.05, 4.69) is 43.4 Å². The molecule has 1 unspecified atom stereocenters. The van der Waals surface area contributed by atoms with Gasteiger partial charge in [-0.3, -0.25) is 9.59 Å². The Labute approximate surface area is 237 Å². The maximum absolute atomic E-state index is 13.7. The quantitative estimate of drug-likeness (QED) is 0.223. The van der Waals surface area contributed by atoms with Gasteiger partial charge in [0.05, 0.1) is 0 Å². The number of nitrogens with zero attached hydrogens (tertiary/aromatic N) is 2. The fourth-order valence-electron chi connectivity index (χ4n) is 5.17. The van der Waals surface area contributed by atoms with Gasteiger partial charge < -0.3 is 15.1 Å². The fraction of sp³-hybridized carbons (Fsp3) is 0.257. The fourth-order valence-corrected chi connectivity index (χ4v) is 5.17. The van der Waals surface area contributed by atoms with E-state index < -0.39 is 0 Å². The van der Waals surface area contributed by atoms with Crippen LogP contribution in [0.5, 0.6) is 0 Å². The summed E-state index contributed by atoms with van der Waals surface area (Å²) in [5.41, 5.74) is 5.58. The molecule has 4 aromatic rings. The molecule has 4 aromatic carbocycles. The molecule has 1 aliphatic heterocycles. The van der Waals surface area contributed by atoms with Crippen molar-refractivity contribution in [1.82, 2.24) is 9.80 Å². The molecule has 0 aromatic heterocycles. The second-order valence-electron chi connectivity index (χ2n) is 10.8. The first-order chi connectivity index (χ1) is 19.5. The topological polar surface area (TPSA) is 52.7 Å². The number of hydrogen-bond acceptors (Lipinski definition) is 3. The SMILES string of the molecule is CC(C)CCN1C(=O)c2ccccc2C1Nc1ccc(C(=O)N(CCc2ccccc2)Cc2ccccc2)cc1. The monoisotopic (exact) mass is 531 g/mol. The van der Waals surface area contributed by atoms with Crippen molar-refractivity contribution in [2.24, 2.45) is 5.92 Å². The van der Waals surface area contributed by atoms with Gasteiger partial charge in [-0.05, 0) is 60.2 Å². The summed E-state index contributed by atoms with van der Waals surface area (Å²) < 4.78 is 0. The Hall–Kier alpha value is -4.38. The van der Waals surface area contributed by atoms with Gasteiger partial charge in [-0.15, -0.1) is 0 Å². The van der Waals surface area contributed by atoms with E-state index in [4.69, 9.17) is 0 Å². The van der Waals surface area contributed by atoms with Crippen LogP contribution in [0, 0.1) is 5.92 Å². The average molecular weight is 532 g/mol. The number of nitrogens with one attached hydrogen (secondary N) is 1. The first-order valence-electron chi connectivity index (χ1n) is 14.1. The van der Waals surface area contributed by atoms with Gasteiger partial charge in [-0.1, -0.05) is 92.7 Å². The van der Waals surface area contributed by atoms with Crippen LogP contribution in [0.25, 0.3) is 0 Å². The zero-order chi connectivity index (χ0) is 27.9. The highest BCUT2D eigenvalue weighted by Gasteiger charge is 2.36. The van der Waals surface area contributed by atoms with Crippen molar-refractivity contribution in [3.8, 4) is 0 Å². The minimum absolute atomic E-state index is 0.00582. The number of rotatable bonds is 11. The first-order valence-corrected chi connectivity index (χ1v) is 14.1. The number of anilines is 1. The van der Waals surface area contributed by atoms with Gasteiger partial charge in [0.25, 0.3) is 11.8 Å². The summed E-state index contributed by atoms with van der Waals surface area (Å²) in [6.07, 6.45) is 1.50. The Kier molecular flexibility index (Phi) is 8.60. The van der Waals surface area contributed by atoms with Crippen LogP contribution in [-0.2, 0) is 13.0 Å². The third-order valence-corrected chi connectivity index (χ3v) is 7.46. The number of carbonyl (C=O) groups excluding carboxylic acids is 2. The molecule has 0 spiro atoms. The predicted molar refractivity (Wildman–Crippen MR) is 161 cm³/mol. The summed E-state index contributed by atoms with van der Waals surface area (Å²) in [6.45, 7) is 6.22. The zero-order valence-electron chi connectivity index (χ0n) is 23.3. The molecular weight excluding hydrogens is 494 g/mol. The van der Waals surface area contributed by atoms with E-state index in [1.54, 1.807) is 0 Å². The molecule has 40 heavy (non-hydrogen) atoms. The van der Waals surface area contributed by atoms with Crippen molar-refractivity contribution in [3.63, 3.8) is 0 Å². The molecule has 2 amide bonds.